The molecule has 4 rings (SSSR count). The summed E-state index contributed by atoms with van der Waals surface area (Å²) in [5, 5.41) is 13.0. The number of aromatic nitrogens is 2. The number of likely N-dealkylation sites (N-methyl/N-ethyl adjacent to an activating group) is 1. The van der Waals surface area contributed by atoms with Crippen LogP contribution in [0.15, 0.2) is 66.7 Å². The molecule has 34 heavy (non-hydrogen) atoms. The zero-order chi connectivity index (χ0) is 24.1. The second kappa shape index (κ2) is 10.5. The third-order valence-corrected chi connectivity index (χ3v) is 5.87. The molecular weight excluding hydrogens is 426 g/mol. The van der Waals surface area contributed by atoms with Gasteiger partial charge in [-0.25, -0.2) is 0 Å². The molecule has 1 fully saturated rings. The summed E-state index contributed by atoms with van der Waals surface area (Å²) in [6.07, 6.45) is 5.73. The van der Waals surface area contributed by atoms with Crippen molar-refractivity contribution in [3.05, 3.63) is 78.0 Å². The molecule has 2 aromatic carbocycles. The van der Waals surface area contributed by atoms with Gasteiger partial charge in [-0.2, -0.15) is 5.10 Å². The normalized spacial score (nSPS) is 14.4. The Balaban J connectivity index is 1.38. The van der Waals surface area contributed by atoms with Gasteiger partial charge < -0.3 is 15.5 Å². The van der Waals surface area contributed by atoms with E-state index >= 15 is 0 Å². The fraction of sp³-hybridized carbons (Fsp3) is 0.296. The van der Waals surface area contributed by atoms with Crippen LogP contribution in [0.25, 0.3) is 11.1 Å². The van der Waals surface area contributed by atoms with Crippen molar-refractivity contribution in [1.29, 1.82) is 0 Å². The first-order valence-electron chi connectivity index (χ1n) is 11.6. The van der Waals surface area contributed by atoms with Crippen LogP contribution in [0.5, 0.6) is 0 Å². The van der Waals surface area contributed by atoms with Crippen molar-refractivity contribution in [3.8, 4) is 11.1 Å². The molecule has 0 bridgehead atoms. The Bertz CT molecular complexity index is 1180. The quantitative estimate of drug-likeness (QED) is 0.405. The number of aromatic amines is 1. The minimum atomic E-state index is -0.325. The molecule has 3 N–H and O–H groups in total. The smallest absolute Gasteiger partial charge is 0.248 e. The van der Waals surface area contributed by atoms with Crippen LogP contribution >= 0.6 is 0 Å². The van der Waals surface area contributed by atoms with Gasteiger partial charge >= 0.3 is 0 Å². The molecule has 7 heteroatoms. The highest BCUT2D eigenvalue weighted by Crippen LogP contribution is 2.39. The molecule has 1 aromatic heterocycles. The van der Waals surface area contributed by atoms with Crippen molar-refractivity contribution < 1.29 is 9.59 Å². The molecule has 0 aliphatic heterocycles. The molecular formula is C27H31N5O2. The van der Waals surface area contributed by atoms with Crippen LogP contribution in [-0.4, -0.2) is 47.6 Å². The monoisotopic (exact) mass is 457 g/mol. The molecule has 2 amide bonds. The molecule has 0 saturated heterocycles. The topological polar surface area (TPSA) is 90.1 Å². The lowest BCUT2D eigenvalue weighted by molar-refractivity contribution is -0.117. The van der Waals surface area contributed by atoms with Gasteiger partial charge in [0.05, 0.1) is 5.92 Å². The van der Waals surface area contributed by atoms with Crippen molar-refractivity contribution in [3.63, 3.8) is 0 Å². The largest absolute Gasteiger partial charge is 0.323 e. The second-order valence-electron chi connectivity index (χ2n) is 9.05. The SMILES string of the molecule is CC(C(=O)Nc1cc(C2CC2)[nH]n1)c1cccc(-c2ccc(NC(=O)C=CCN(C)C)cc2)c1. The summed E-state index contributed by atoms with van der Waals surface area (Å²) in [6, 6.07) is 17.6. The fourth-order valence-corrected chi connectivity index (χ4v) is 3.68. The number of carbonyl (C=O) groups excluding carboxylic acids is 2. The lowest BCUT2D eigenvalue weighted by Gasteiger charge is -2.13. The summed E-state index contributed by atoms with van der Waals surface area (Å²) in [5.74, 6) is 0.563. The highest BCUT2D eigenvalue weighted by atomic mass is 16.2. The third-order valence-electron chi connectivity index (χ3n) is 5.87. The standard InChI is InChI=1S/C27H31N5O2/c1-18(27(34)29-25-17-24(30-31-25)20-9-10-20)21-6-4-7-22(16-21)19-11-13-23(14-12-19)28-26(33)8-5-15-32(2)3/h4-8,11-14,16-18,20H,9-10,15H2,1-3H3,(H,28,33)(H2,29,30,31,34). The van der Waals surface area contributed by atoms with Crippen LogP contribution < -0.4 is 10.6 Å². The molecule has 1 unspecified atom stereocenters. The number of benzene rings is 2. The number of rotatable bonds is 9. The van der Waals surface area contributed by atoms with Gasteiger partial charge in [0.2, 0.25) is 11.8 Å². The first-order valence-corrected chi connectivity index (χ1v) is 11.6. The number of hydrogen-bond donors (Lipinski definition) is 3. The van der Waals surface area contributed by atoms with Gasteiger partial charge in [0, 0.05) is 36.0 Å². The first kappa shape index (κ1) is 23.4. The van der Waals surface area contributed by atoms with Gasteiger partial charge in [-0.05, 0) is 62.7 Å². The van der Waals surface area contributed by atoms with Gasteiger partial charge in [0.15, 0.2) is 5.82 Å². The summed E-state index contributed by atoms with van der Waals surface area (Å²) < 4.78 is 0. The van der Waals surface area contributed by atoms with Crippen molar-refractivity contribution in [2.24, 2.45) is 0 Å². The van der Waals surface area contributed by atoms with E-state index in [-0.39, 0.29) is 17.7 Å². The molecule has 1 heterocycles. The van der Waals surface area contributed by atoms with Crippen LogP contribution in [0.1, 0.15) is 42.9 Å². The lowest BCUT2D eigenvalue weighted by Crippen LogP contribution is -2.19. The predicted molar refractivity (Wildman–Crippen MR) is 136 cm³/mol. The van der Waals surface area contributed by atoms with Crippen LogP contribution in [0.3, 0.4) is 0 Å². The second-order valence-corrected chi connectivity index (χ2v) is 9.05. The van der Waals surface area contributed by atoms with E-state index in [2.05, 4.69) is 20.8 Å². The Labute approximate surface area is 200 Å². The van der Waals surface area contributed by atoms with Gasteiger partial charge in [-0.1, -0.05) is 42.5 Å². The van der Waals surface area contributed by atoms with E-state index in [0.29, 0.717) is 18.3 Å². The minimum absolute atomic E-state index is 0.0913. The predicted octanol–water partition coefficient (Wildman–Crippen LogP) is 4.75. The van der Waals surface area contributed by atoms with E-state index in [1.165, 1.54) is 12.8 Å². The Morgan fingerprint density at radius 1 is 1.09 bits per heavy atom. The molecule has 0 spiro atoms. The van der Waals surface area contributed by atoms with Crippen molar-refractivity contribution in [2.75, 3.05) is 31.3 Å². The van der Waals surface area contributed by atoms with E-state index in [4.69, 9.17) is 0 Å². The van der Waals surface area contributed by atoms with E-state index in [0.717, 1.165) is 28.1 Å². The number of H-pyrrole nitrogens is 1. The number of nitrogens with one attached hydrogen (secondary N) is 3. The molecule has 0 radical (unpaired) electrons. The van der Waals surface area contributed by atoms with Crippen LogP contribution in [0, 0.1) is 0 Å². The van der Waals surface area contributed by atoms with Crippen molar-refractivity contribution in [1.82, 2.24) is 15.1 Å². The molecule has 1 aliphatic rings. The van der Waals surface area contributed by atoms with Crippen molar-refractivity contribution in [2.45, 2.75) is 31.6 Å². The number of nitrogens with zero attached hydrogens (tertiary/aromatic N) is 2. The average molecular weight is 458 g/mol. The van der Waals surface area contributed by atoms with Gasteiger partial charge in [-0.3, -0.25) is 14.7 Å². The highest BCUT2D eigenvalue weighted by Gasteiger charge is 2.26. The lowest BCUT2D eigenvalue weighted by atomic mass is 9.95. The molecule has 1 saturated carbocycles. The Hall–Kier alpha value is -3.71. The summed E-state index contributed by atoms with van der Waals surface area (Å²) >= 11 is 0. The average Bonchev–Trinajstić information content (AvgIpc) is 3.57. The Morgan fingerprint density at radius 2 is 1.85 bits per heavy atom. The fourth-order valence-electron chi connectivity index (χ4n) is 3.68. The maximum atomic E-state index is 12.8. The van der Waals surface area contributed by atoms with E-state index in [9.17, 15) is 9.59 Å². The van der Waals surface area contributed by atoms with Gasteiger partial charge in [0.1, 0.15) is 0 Å². The third kappa shape index (κ3) is 6.20. The number of amides is 2. The number of hydrogen-bond acceptors (Lipinski definition) is 4. The van der Waals surface area contributed by atoms with Crippen LogP contribution in [0.2, 0.25) is 0 Å². The zero-order valence-corrected chi connectivity index (χ0v) is 19.8. The summed E-state index contributed by atoms with van der Waals surface area (Å²) in [6.45, 7) is 2.60. The molecule has 7 nitrogen and oxygen atoms in total. The summed E-state index contributed by atoms with van der Waals surface area (Å²) in [7, 11) is 3.90. The zero-order valence-electron chi connectivity index (χ0n) is 19.8. The van der Waals surface area contributed by atoms with Crippen LogP contribution in [-0.2, 0) is 9.59 Å². The Kier molecular flexibility index (Phi) is 7.23. The summed E-state index contributed by atoms with van der Waals surface area (Å²) in [4.78, 5) is 26.8. The molecule has 176 valence electrons. The van der Waals surface area contributed by atoms with Gasteiger partial charge in [0.25, 0.3) is 0 Å². The van der Waals surface area contributed by atoms with Gasteiger partial charge in [-0.15, -0.1) is 0 Å². The van der Waals surface area contributed by atoms with Crippen molar-refractivity contribution >= 4 is 23.3 Å². The summed E-state index contributed by atoms with van der Waals surface area (Å²) in [5.41, 5.74) is 4.77. The molecule has 1 atom stereocenters. The first-order chi connectivity index (χ1) is 16.4. The van der Waals surface area contributed by atoms with E-state index in [1.807, 2.05) is 86.6 Å². The molecule has 3 aromatic rings. The van der Waals surface area contributed by atoms with E-state index in [1.54, 1.807) is 6.08 Å². The number of carbonyl (C=O) groups is 2. The maximum absolute atomic E-state index is 12.8. The van der Waals surface area contributed by atoms with E-state index < -0.39 is 0 Å². The highest BCUT2D eigenvalue weighted by molar-refractivity contribution is 5.99. The van der Waals surface area contributed by atoms with Crippen LogP contribution in [0.4, 0.5) is 11.5 Å². The number of anilines is 2. The Morgan fingerprint density at radius 3 is 2.56 bits per heavy atom. The molecule has 1 aliphatic carbocycles. The minimum Gasteiger partial charge on any atom is -0.323 e. The maximum Gasteiger partial charge on any atom is 0.248 e.